The molecule has 7 nitrogen and oxygen atoms in total. The van der Waals surface area contributed by atoms with E-state index in [1.165, 1.54) is 25.0 Å². The second-order valence-corrected chi connectivity index (χ2v) is 6.70. The predicted octanol–water partition coefficient (Wildman–Crippen LogP) is 2.20. The van der Waals surface area contributed by atoms with Crippen LogP contribution >= 0.6 is 0 Å². The number of guanidine groups is 1. The summed E-state index contributed by atoms with van der Waals surface area (Å²) in [4.78, 5) is 11.2. The minimum Gasteiger partial charge on any atom is -0.370 e. The molecule has 1 aromatic carbocycles. The maximum atomic E-state index is 13.0. The molecule has 3 rings (SSSR count). The number of benzene rings is 1. The minimum atomic E-state index is -0.289. The molecule has 1 aromatic heterocycles. The highest BCUT2D eigenvalue weighted by atomic mass is 19.1. The fourth-order valence-electron chi connectivity index (χ4n) is 3.31. The Balaban J connectivity index is 1.38. The van der Waals surface area contributed by atoms with Crippen molar-refractivity contribution in [1.29, 1.82) is 0 Å². The molecule has 0 radical (unpaired) electrons. The van der Waals surface area contributed by atoms with Crippen LogP contribution in [0.15, 0.2) is 33.8 Å². The summed E-state index contributed by atoms with van der Waals surface area (Å²) in [5.41, 5.74) is 6.68. The van der Waals surface area contributed by atoms with Crippen molar-refractivity contribution in [2.24, 2.45) is 10.7 Å². The molecule has 0 bridgehead atoms. The lowest BCUT2D eigenvalue weighted by Crippen LogP contribution is -2.36. The molecule has 2 heterocycles. The second kappa shape index (κ2) is 9.45. The number of aryl methyl sites for hydroxylation is 1. The monoisotopic (exact) mass is 374 g/mol. The first-order valence-corrected chi connectivity index (χ1v) is 9.52. The number of nitrogens with zero attached hydrogens (tertiary/aromatic N) is 4. The van der Waals surface area contributed by atoms with Crippen molar-refractivity contribution < 1.29 is 8.91 Å². The largest absolute Gasteiger partial charge is 0.370 e. The first-order chi connectivity index (χ1) is 13.2. The summed E-state index contributed by atoms with van der Waals surface area (Å²) in [7, 11) is 0. The smallest absolute Gasteiger partial charge is 0.227 e. The van der Waals surface area contributed by atoms with Crippen molar-refractivity contribution in [3.63, 3.8) is 0 Å². The third kappa shape index (κ3) is 5.50. The number of hydrogen-bond acceptors (Lipinski definition) is 5. The number of hydrogen-bond donors (Lipinski definition) is 2. The van der Waals surface area contributed by atoms with Gasteiger partial charge in [0.25, 0.3) is 0 Å². The molecule has 1 unspecified atom stereocenters. The van der Waals surface area contributed by atoms with E-state index in [4.69, 9.17) is 10.3 Å². The van der Waals surface area contributed by atoms with E-state index in [0.717, 1.165) is 31.6 Å². The van der Waals surface area contributed by atoms with Gasteiger partial charge in [-0.1, -0.05) is 12.1 Å². The maximum Gasteiger partial charge on any atom is 0.227 e. The first-order valence-electron chi connectivity index (χ1n) is 9.52. The first kappa shape index (κ1) is 19.3. The quantitative estimate of drug-likeness (QED) is 0.418. The Bertz CT molecular complexity index is 745. The van der Waals surface area contributed by atoms with Gasteiger partial charge in [-0.25, -0.2) is 4.39 Å². The third-order valence-electron chi connectivity index (χ3n) is 4.82. The van der Waals surface area contributed by atoms with Crippen LogP contribution in [0.3, 0.4) is 0 Å². The van der Waals surface area contributed by atoms with Gasteiger partial charge in [-0.3, -0.25) is 9.89 Å². The highest BCUT2D eigenvalue weighted by Crippen LogP contribution is 2.17. The van der Waals surface area contributed by atoms with Crippen LogP contribution in [0, 0.1) is 5.82 Å². The average Bonchev–Trinajstić information content (AvgIpc) is 3.33. The van der Waals surface area contributed by atoms with Crippen molar-refractivity contribution in [1.82, 2.24) is 20.4 Å². The minimum absolute atomic E-state index is 0.289. The molecule has 8 heteroatoms. The highest BCUT2D eigenvalue weighted by molar-refractivity contribution is 5.77. The van der Waals surface area contributed by atoms with E-state index in [9.17, 15) is 4.39 Å². The van der Waals surface area contributed by atoms with E-state index in [2.05, 4.69) is 32.3 Å². The highest BCUT2D eigenvalue weighted by Gasteiger charge is 2.22. The molecule has 0 saturated carbocycles. The molecule has 1 fully saturated rings. The van der Waals surface area contributed by atoms with Gasteiger partial charge in [-0.2, -0.15) is 4.98 Å². The predicted molar refractivity (Wildman–Crippen MR) is 103 cm³/mol. The molecular formula is C19H27FN6O. The van der Waals surface area contributed by atoms with E-state index in [1.54, 1.807) is 12.1 Å². The summed E-state index contributed by atoms with van der Waals surface area (Å²) >= 11 is 0. The fourth-order valence-corrected chi connectivity index (χ4v) is 3.31. The van der Waals surface area contributed by atoms with E-state index in [1.807, 2.05) is 0 Å². The van der Waals surface area contributed by atoms with Gasteiger partial charge in [-0.05, 0) is 56.6 Å². The Morgan fingerprint density at radius 2 is 2.22 bits per heavy atom. The molecule has 1 aliphatic rings. The van der Waals surface area contributed by atoms with Crippen molar-refractivity contribution in [3.8, 4) is 11.4 Å². The molecule has 0 amide bonds. The van der Waals surface area contributed by atoms with Gasteiger partial charge >= 0.3 is 0 Å². The summed E-state index contributed by atoms with van der Waals surface area (Å²) in [5, 5.41) is 7.07. The summed E-state index contributed by atoms with van der Waals surface area (Å²) in [6, 6.07) is 6.53. The van der Waals surface area contributed by atoms with Crippen molar-refractivity contribution in [3.05, 3.63) is 36.0 Å². The summed E-state index contributed by atoms with van der Waals surface area (Å²) in [6.45, 7) is 5.84. The molecule has 2 aromatic rings. The van der Waals surface area contributed by atoms with E-state index < -0.39 is 0 Å². The number of likely N-dealkylation sites (N-methyl/N-ethyl adjacent to an activating group) is 1. The van der Waals surface area contributed by atoms with Crippen molar-refractivity contribution in [2.45, 2.75) is 38.6 Å². The molecule has 3 N–H and O–H groups in total. The SMILES string of the molecule is CCN1CCCC1CN=C(N)NCCCc1nc(-c2ccc(F)cc2)no1. The van der Waals surface area contributed by atoms with Gasteiger partial charge in [0.2, 0.25) is 11.7 Å². The molecule has 27 heavy (non-hydrogen) atoms. The molecule has 1 saturated heterocycles. The number of likely N-dealkylation sites (tertiary alicyclic amines) is 1. The summed E-state index contributed by atoms with van der Waals surface area (Å²) < 4.78 is 18.2. The summed E-state index contributed by atoms with van der Waals surface area (Å²) in [6.07, 6.45) is 3.87. The zero-order valence-corrected chi connectivity index (χ0v) is 15.7. The third-order valence-corrected chi connectivity index (χ3v) is 4.82. The van der Waals surface area contributed by atoms with Crippen molar-refractivity contribution >= 4 is 5.96 Å². The van der Waals surface area contributed by atoms with Crippen molar-refractivity contribution in [2.75, 3.05) is 26.2 Å². The van der Waals surface area contributed by atoms with Crippen LogP contribution in [0.4, 0.5) is 4.39 Å². The van der Waals surface area contributed by atoms with Crippen LogP contribution in [0.1, 0.15) is 32.1 Å². The van der Waals surface area contributed by atoms with Gasteiger partial charge in [0.1, 0.15) is 5.82 Å². The number of aliphatic imine (C=N–C) groups is 1. The fraction of sp³-hybridized carbons (Fsp3) is 0.526. The Hall–Kier alpha value is -2.48. The normalized spacial score (nSPS) is 18.1. The van der Waals surface area contributed by atoms with Crippen LogP contribution in [-0.4, -0.2) is 53.2 Å². The van der Waals surface area contributed by atoms with Crippen LogP contribution in [0.2, 0.25) is 0 Å². The number of nitrogens with one attached hydrogen (secondary N) is 1. The molecule has 0 spiro atoms. The Morgan fingerprint density at radius 3 is 3.00 bits per heavy atom. The van der Waals surface area contributed by atoms with Gasteiger partial charge < -0.3 is 15.6 Å². The Kier molecular flexibility index (Phi) is 6.75. The van der Waals surface area contributed by atoms with Gasteiger partial charge in [-0.15, -0.1) is 0 Å². The number of nitrogens with two attached hydrogens (primary N) is 1. The number of halogens is 1. The topological polar surface area (TPSA) is 92.6 Å². The zero-order chi connectivity index (χ0) is 19.1. The lowest BCUT2D eigenvalue weighted by Gasteiger charge is -2.20. The van der Waals surface area contributed by atoms with Crippen LogP contribution in [0.5, 0.6) is 0 Å². The van der Waals surface area contributed by atoms with E-state index in [0.29, 0.717) is 36.7 Å². The standard InChI is InChI=1S/C19H27FN6O/c1-2-26-12-4-5-16(26)13-23-19(21)22-11-3-6-17-24-18(25-27-17)14-7-9-15(20)10-8-14/h7-10,16H,2-6,11-13H2,1H3,(H3,21,22,23). The second-order valence-electron chi connectivity index (χ2n) is 6.70. The van der Waals surface area contributed by atoms with Gasteiger partial charge in [0.05, 0.1) is 6.54 Å². The number of aromatic nitrogens is 2. The van der Waals surface area contributed by atoms with Crippen LogP contribution in [0.25, 0.3) is 11.4 Å². The molecule has 0 aliphatic carbocycles. The average molecular weight is 374 g/mol. The Labute approximate surface area is 158 Å². The Morgan fingerprint density at radius 1 is 1.41 bits per heavy atom. The van der Waals surface area contributed by atoms with E-state index in [-0.39, 0.29) is 5.82 Å². The van der Waals surface area contributed by atoms with Gasteiger partial charge in [0, 0.05) is 24.6 Å². The van der Waals surface area contributed by atoms with Crippen LogP contribution < -0.4 is 11.1 Å². The van der Waals surface area contributed by atoms with Crippen LogP contribution in [-0.2, 0) is 6.42 Å². The molecule has 1 atom stereocenters. The number of rotatable bonds is 8. The maximum absolute atomic E-state index is 13.0. The lowest BCUT2D eigenvalue weighted by molar-refractivity contribution is 0.273. The molecule has 1 aliphatic heterocycles. The lowest BCUT2D eigenvalue weighted by atomic mass is 10.2. The summed E-state index contributed by atoms with van der Waals surface area (Å²) in [5.74, 6) is 1.21. The van der Waals surface area contributed by atoms with Gasteiger partial charge in [0.15, 0.2) is 5.96 Å². The zero-order valence-electron chi connectivity index (χ0n) is 15.7. The van der Waals surface area contributed by atoms with E-state index >= 15 is 0 Å². The molecular weight excluding hydrogens is 347 g/mol. The molecule has 146 valence electrons.